The molecule has 1 aliphatic heterocycles. The van der Waals surface area contributed by atoms with Gasteiger partial charge in [-0.3, -0.25) is 19.6 Å². The van der Waals surface area contributed by atoms with Crippen LogP contribution in [0, 0.1) is 23.2 Å². The van der Waals surface area contributed by atoms with Gasteiger partial charge >= 0.3 is 5.97 Å². The molecule has 10 rings (SSSR count). The molecule has 5 N–H and O–H groups in total. The lowest BCUT2D eigenvalue weighted by molar-refractivity contribution is -0.174. The number of carboxylic acids is 1. The van der Waals surface area contributed by atoms with Crippen LogP contribution in [0.25, 0.3) is 21.3 Å². The number of aromatic carboxylic acids is 1. The van der Waals surface area contributed by atoms with Crippen molar-refractivity contribution >= 4 is 50.3 Å². The Morgan fingerprint density at radius 2 is 1.71 bits per heavy atom. The van der Waals surface area contributed by atoms with Crippen molar-refractivity contribution in [2.24, 2.45) is 22.0 Å². The van der Waals surface area contributed by atoms with Crippen molar-refractivity contribution in [2.75, 3.05) is 23.3 Å². The number of hydrogen-bond donors (Lipinski definition) is 4. The van der Waals surface area contributed by atoms with Crippen molar-refractivity contribution in [1.82, 2.24) is 25.1 Å². The number of pyridine rings is 1. The highest BCUT2D eigenvalue weighted by Gasteiger charge is 2.66. The number of para-hydroxylation sites is 1. The summed E-state index contributed by atoms with van der Waals surface area (Å²) in [5.74, 6) is -0.902. The first kappa shape index (κ1) is 35.6. The van der Waals surface area contributed by atoms with Gasteiger partial charge in [-0.05, 0) is 110 Å². The molecule has 5 aliphatic rings. The SMILES string of the molecule is Cc1c(-c2ccc(N3CCc4cccc(C(=O)Nc5nc6ccccc6s5)c4C3)nc2C(=O)O)cnn1CC12CC3(C)CC(C)(C1)CC(NC(=O)CN)(C3)C2. The average Bonchev–Trinajstić information content (AvgIpc) is 3.70. The Kier molecular flexibility index (Phi) is 8.21. The summed E-state index contributed by atoms with van der Waals surface area (Å²) in [6.07, 6.45) is 8.53. The van der Waals surface area contributed by atoms with Crippen LogP contribution in [-0.4, -0.2) is 61.3 Å². The zero-order valence-corrected chi connectivity index (χ0v) is 32.3. The van der Waals surface area contributed by atoms with Gasteiger partial charge in [0.05, 0.1) is 23.0 Å². The maximum absolute atomic E-state index is 13.6. The number of carboxylic acid groups (broad SMARTS) is 1. The van der Waals surface area contributed by atoms with Crippen LogP contribution in [0.1, 0.15) is 90.0 Å². The lowest BCUT2D eigenvalue weighted by atomic mass is 9.38. The van der Waals surface area contributed by atoms with E-state index in [0.717, 1.165) is 71.1 Å². The second-order valence-corrected chi connectivity index (χ2v) is 18.5. The van der Waals surface area contributed by atoms with Gasteiger partial charge in [-0.15, -0.1) is 0 Å². The fourth-order valence-electron chi connectivity index (χ4n) is 11.9. The Balaban J connectivity index is 0.972. The van der Waals surface area contributed by atoms with Crippen LogP contribution in [0.2, 0.25) is 0 Å². The predicted octanol–water partition coefficient (Wildman–Crippen LogP) is 6.57. The standard InChI is InChI=1S/C42H46N8O4S/c1-25-29(16-44-50(25)24-41-19-39(2)18-40(3,20-41)22-42(21-39,23-41)48-34(51)15-43)27-11-12-33(46-35(27)37(53)54)49-14-13-26-7-6-8-28(30(26)17-49)36(52)47-38-45-31-9-4-5-10-32(31)55-38/h4-12,16H,13-15,17-24,43H2,1-3H3,(H,48,51)(H,53,54)(H,45,47,52). The number of thiazole rings is 1. The summed E-state index contributed by atoms with van der Waals surface area (Å²) in [5.41, 5.74) is 11.1. The number of hydrogen-bond acceptors (Lipinski definition) is 9. The quantitative estimate of drug-likeness (QED) is 0.130. The first-order chi connectivity index (χ1) is 26.3. The Bertz CT molecular complexity index is 2350. The fourth-order valence-corrected chi connectivity index (χ4v) is 12.7. The first-order valence-electron chi connectivity index (χ1n) is 19.1. The number of carbonyl (C=O) groups excluding carboxylic acids is 2. The molecule has 4 aliphatic carbocycles. The third-order valence-electron chi connectivity index (χ3n) is 12.6. The molecule has 2 amide bonds. The van der Waals surface area contributed by atoms with E-state index in [0.29, 0.717) is 48.1 Å². The smallest absolute Gasteiger partial charge is 0.355 e. The summed E-state index contributed by atoms with van der Waals surface area (Å²) in [7, 11) is 0. The highest BCUT2D eigenvalue weighted by molar-refractivity contribution is 7.22. The van der Waals surface area contributed by atoms with Crippen molar-refractivity contribution in [1.29, 1.82) is 0 Å². The van der Waals surface area contributed by atoms with Crippen LogP contribution in [0.5, 0.6) is 0 Å². The molecule has 5 aromatic rings. The molecule has 12 nitrogen and oxygen atoms in total. The molecular formula is C42H46N8O4S. The predicted molar refractivity (Wildman–Crippen MR) is 212 cm³/mol. The van der Waals surface area contributed by atoms with Crippen molar-refractivity contribution < 1.29 is 19.5 Å². The Morgan fingerprint density at radius 1 is 0.927 bits per heavy atom. The van der Waals surface area contributed by atoms with E-state index in [9.17, 15) is 19.5 Å². The molecule has 2 aromatic carbocycles. The molecule has 13 heteroatoms. The number of carbonyl (C=O) groups is 3. The lowest BCUT2D eigenvalue weighted by Crippen LogP contribution is -2.69. The van der Waals surface area contributed by atoms with E-state index in [2.05, 4.69) is 29.5 Å². The number of nitrogens with two attached hydrogens (primary N) is 1. The van der Waals surface area contributed by atoms with Crippen LogP contribution in [-0.2, 0) is 24.3 Å². The number of amides is 2. The molecule has 0 radical (unpaired) electrons. The van der Waals surface area contributed by atoms with Gasteiger partial charge in [0.2, 0.25) is 5.91 Å². The molecule has 284 valence electrons. The minimum Gasteiger partial charge on any atom is -0.476 e. The van der Waals surface area contributed by atoms with Crippen LogP contribution in [0.4, 0.5) is 10.9 Å². The van der Waals surface area contributed by atoms with Gasteiger partial charge in [0.25, 0.3) is 5.91 Å². The van der Waals surface area contributed by atoms with E-state index in [-0.39, 0.29) is 45.8 Å². The normalized spacial score (nSPS) is 26.6. The van der Waals surface area contributed by atoms with Gasteiger partial charge < -0.3 is 21.1 Å². The van der Waals surface area contributed by atoms with Crippen molar-refractivity contribution in [2.45, 2.75) is 84.3 Å². The maximum atomic E-state index is 13.6. The molecule has 0 saturated heterocycles. The average molecular weight is 759 g/mol. The molecule has 4 saturated carbocycles. The minimum atomic E-state index is -1.11. The number of nitrogens with one attached hydrogen (secondary N) is 2. The largest absolute Gasteiger partial charge is 0.476 e. The summed E-state index contributed by atoms with van der Waals surface area (Å²) in [5, 5.41) is 22.3. The Morgan fingerprint density at radius 3 is 2.45 bits per heavy atom. The third-order valence-corrected chi connectivity index (χ3v) is 13.6. The Labute approximate surface area is 323 Å². The van der Waals surface area contributed by atoms with Gasteiger partial charge in [-0.1, -0.05) is 49.4 Å². The van der Waals surface area contributed by atoms with Crippen molar-refractivity contribution in [3.05, 3.63) is 88.9 Å². The van der Waals surface area contributed by atoms with Crippen LogP contribution < -0.4 is 21.3 Å². The number of nitrogens with zero attached hydrogens (tertiary/aromatic N) is 5. The van der Waals surface area contributed by atoms with E-state index >= 15 is 0 Å². The van der Waals surface area contributed by atoms with E-state index in [1.165, 1.54) is 11.3 Å². The molecule has 4 fully saturated rings. The van der Waals surface area contributed by atoms with Crippen LogP contribution in [0.3, 0.4) is 0 Å². The lowest BCUT2D eigenvalue weighted by Gasteiger charge is -2.69. The highest BCUT2D eigenvalue weighted by Crippen LogP contribution is 2.71. The number of anilines is 2. The topological polar surface area (TPSA) is 168 Å². The summed E-state index contributed by atoms with van der Waals surface area (Å²) in [4.78, 5) is 50.4. The number of rotatable bonds is 9. The van der Waals surface area contributed by atoms with Gasteiger partial charge in [-0.2, -0.15) is 5.10 Å². The molecule has 4 heterocycles. The van der Waals surface area contributed by atoms with E-state index in [4.69, 9.17) is 15.8 Å². The molecule has 3 aromatic heterocycles. The second kappa shape index (κ2) is 12.7. The van der Waals surface area contributed by atoms with Gasteiger partial charge in [0, 0.05) is 47.6 Å². The molecule has 2 atom stereocenters. The monoisotopic (exact) mass is 758 g/mol. The number of benzene rings is 2. The van der Waals surface area contributed by atoms with Crippen LogP contribution >= 0.6 is 11.3 Å². The van der Waals surface area contributed by atoms with E-state index < -0.39 is 5.97 Å². The van der Waals surface area contributed by atoms with E-state index in [1.807, 2.05) is 71.1 Å². The van der Waals surface area contributed by atoms with Gasteiger partial charge in [-0.25, -0.2) is 14.8 Å². The second-order valence-electron chi connectivity index (χ2n) is 17.4. The molecule has 0 spiro atoms. The summed E-state index contributed by atoms with van der Waals surface area (Å²) in [6, 6.07) is 17.3. The number of fused-ring (bicyclic) bond motifs is 2. The summed E-state index contributed by atoms with van der Waals surface area (Å²) < 4.78 is 3.04. The number of aromatic nitrogens is 4. The summed E-state index contributed by atoms with van der Waals surface area (Å²) >= 11 is 1.43. The zero-order valence-electron chi connectivity index (χ0n) is 31.4. The zero-order chi connectivity index (χ0) is 38.3. The Hall–Kier alpha value is -5.14. The molecule has 4 bridgehead atoms. The molecular weight excluding hydrogens is 713 g/mol. The highest BCUT2D eigenvalue weighted by atomic mass is 32.1. The van der Waals surface area contributed by atoms with Crippen molar-refractivity contribution in [3.63, 3.8) is 0 Å². The van der Waals surface area contributed by atoms with Gasteiger partial charge in [0.15, 0.2) is 10.8 Å². The minimum absolute atomic E-state index is 0.0163. The fraction of sp³-hybridized carbons (Fsp3) is 0.429. The summed E-state index contributed by atoms with van der Waals surface area (Å²) in [6.45, 7) is 8.46. The maximum Gasteiger partial charge on any atom is 0.355 e. The molecule has 2 unspecified atom stereocenters. The van der Waals surface area contributed by atoms with Gasteiger partial charge in [0.1, 0.15) is 5.82 Å². The van der Waals surface area contributed by atoms with E-state index in [1.54, 1.807) is 6.20 Å². The first-order valence-corrected chi connectivity index (χ1v) is 19.9. The third kappa shape index (κ3) is 6.27. The van der Waals surface area contributed by atoms with Crippen molar-refractivity contribution in [3.8, 4) is 11.1 Å². The van der Waals surface area contributed by atoms with Crippen LogP contribution in [0.15, 0.2) is 60.8 Å². The molecule has 55 heavy (non-hydrogen) atoms.